The van der Waals surface area contributed by atoms with Crippen molar-refractivity contribution in [3.8, 4) is 5.75 Å². The highest BCUT2D eigenvalue weighted by Crippen LogP contribution is 2.36. The Hall–Kier alpha value is -1.48. The van der Waals surface area contributed by atoms with E-state index in [0.29, 0.717) is 22.0 Å². The highest BCUT2D eigenvalue weighted by atomic mass is 32.2. The molecule has 2 aliphatic heterocycles. The fourth-order valence-corrected chi connectivity index (χ4v) is 5.66. The van der Waals surface area contributed by atoms with Crippen LogP contribution in [0.5, 0.6) is 5.75 Å². The van der Waals surface area contributed by atoms with Crippen LogP contribution in [0.2, 0.25) is 0 Å². The smallest absolute Gasteiger partial charge is 0.220 e. The van der Waals surface area contributed by atoms with Gasteiger partial charge in [0.1, 0.15) is 36.9 Å². The molecule has 1 aromatic rings. The molecule has 3 aliphatic rings. The van der Waals surface area contributed by atoms with Crippen molar-refractivity contribution in [1.82, 2.24) is 0 Å². The molecule has 0 aromatic heterocycles. The zero-order chi connectivity index (χ0) is 22.6. The highest BCUT2D eigenvalue weighted by Gasteiger charge is 2.26. The summed E-state index contributed by atoms with van der Waals surface area (Å²) in [5.74, 6) is 3.39. The van der Waals surface area contributed by atoms with Crippen LogP contribution in [0.25, 0.3) is 0 Å². The zero-order valence-corrected chi connectivity index (χ0v) is 21.3. The Morgan fingerprint density at radius 1 is 0.938 bits per heavy atom. The van der Waals surface area contributed by atoms with E-state index < -0.39 is 0 Å². The van der Waals surface area contributed by atoms with Gasteiger partial charge >= 0.3 is 0 Å². The van der Waals surface area contributed by atoms with Crippen molar-refractivity contribution >= 4 is 56.7 Å². The molecule has 2 heterocycles. The van der Waals surface area contributed by atoms with Gasteiger partial charge in [0.05, 0.1) is 0 Å². The standard InChI is InChI=1S/C24H26O4S4/c1-24(2,17-7-10-19(11-8-17)26-13-21-15-32-23(30)28-21)16-4-3-5-18(9-6-16)25-12-20-14-31-22(29)27-20/h3,5-11,20-21H,4,12-15H2,1-2H3. The van der Waals surface area contributed by atoms with Crippen molar-refractivity contribution in [2.45, 2.75) is 37.9 Å². The van der Waals surface area contributed by atoms with Crippen molar-refractivity contribution in [3.63, 3.8) is 0 Å². The summed E-state index contributed by atoms with van der Waals surface area (Å²) in [6.45, 7) is 5.51. The molecule has 32 heavy (non-hydrogen) atoms. The number of rotatable bonds is 8. The van der Waals surface area contributed by atoms with Gasteiger partial charge in [0, 0.05) is 16.9 Å². The van der Waals surface area contributed by atoms with E-state index in [4.69, 9.17) is 43.4 Å². The molecule has 2 fully saturated rings. The highest BCUT2D eigenvalue weighted by molar-refractivity contribution is 8.23. The van der Waals surface area contributed by atoms with Crippen molar-refractivity contribution in [3.05, 3.63) is 65.5 Å². The summed E-state index contributed by atoms with van der Waals surface area (Å²) < 4.78 is 24.2. The van der Waals surface area contributed by atoms with Crippen LogP contribution in [0.4, 0.5) is 0 Å². The maximum Gasteiger partial charge on any atom is 0.220 e. The van der Waals surface area contributed by atoms with Crippen LogP contribution < -0.4 is 4.74 Å². The average molecular weight is 507 g/mol. The van der Waals surface area contributed by atoms with E-state index in [-0.39, 0.29) is 17.6 Å². The number of ether oxygens (including phenoxy) is 4. The summed E-state index contributed by atoms with van der Waals surface area (Å²) in [6, 6.07) is 8.33. The number of benzene rings is 1. The maximum absolute atomic E-state index is 5.95. The molecule has 4 nitrogen and oxygen atoms in total. The van der Waals surface area contributed by atoms with E-state index in [0.717, 1.165) is 29.4 Å². The number of hydrogen-bond acceptors (Lipinski definition) is 8. The molecule has 0 N–H and O–H groups in total. The molecule has 0 saturated carbocycles. The molecule has 0 amide bonds. The first-order chi connectivity index (χ1) is 15.4. The van der Waals surface area contributed by atoms with Crippen LogP contribution in [0.15, 0.2) is 59.9 Å². The maximum atomic E-state index is 5.95. The lowest BCUT2D eigenvalue weighted by Gasteiger charge is -2.28. The minimum Gasteiger partial charge on any atom is -0.490 e. The number of thiocarbonyl (C=S) groups is 2. The lowest BCUT2D eigenvalue weighted by molar-refractivity contribution is 0.111. The summed E-state index contributed by atoms with van der Waals surface area (Å²) in [5.41, 5.74) is 2.43. The van der Waals surface area contributed by atoms with E-state index in [1.807, 2.05) is 24.3 Å². The molecular weight excluding hydrogens is 481 g/mol. The Morgan fingerprint density at radius 3 is 2.16 bits per heavy atom. The lowest BCUT2D eigenvalue weighted by Crippen LogP contribution is -2.21. The van der Waals surface area contributed by atoms with Gasteiger partial charge in [0.25, 0.3) is 0 Å². The van der Waals surface area contributed by atoms with Crippen LogP contribution in [-0.2, 0) is 19.6 Å². The fraction of sp³-hybridized carbons (Fsp3) is 0.417. The minimum absolute atomic E-state index is 0.0289. The van der Waals surface area contributed by atoms with Crippen molar-refractivity contribution in [1.29, 1.82) is 0 Å². The lowest BCUT2D eigenvalue weighted by atomic mass is 9.76. The summed E-state index contributed by atoms with van der Waals surface area (Å²) >= 11 is 13.3. The molecule has 2 unspecified atom stereocenters. The largest absolute Gasteiger partial charge is 0.490 e. The first kappa shape index (κ1) is 23.7. The third-order valence-corrected chi connectivity index (χ3v) is 8.26. The Kier molecular flexibility index (Phi) is 7.87. The van der Waals surface area contributed by atoms with Gasteiger partial charge in [-0.2, -0.15) is 0 Å². The van der Waals surface area contributed by atoms with E-state index in [2.05, 4.69) is 38.1 Å². The third-order valence-electron chi connectivity index (χ3n) is 5.62. The average Bonchev–Trinajstić information content (AvgIpc) is 3.31. The van der Waals surface area contributed by atoms with Crippen LogP contribution in [0.3, 0.4) is 0 Å². The van der Waals surface area contributed by atoms with Gasteiger partial charge < -0.3 is 18.9 Å². The molecule has 1 aliphatic carbocycles. The molecule has 170 valence electrons. The Labute approximate surface area is 208 Å². The van der Waals surface area contributed by atoms with Gasteiger partial charge in [-0.15, -0.1) is 0 Å². The SMILES string of the molecule is CC(C)(C1=CC=C(OCC2CSC(=S)O2)C=CC1)c1ccc(OCC2CSC(=S)O2)cc1. The summed E-state index contributed by atoms with van der Waals surface area (Å²) in [6.07, 6.45) is 9.33. The van der Waals surface area contributed by atoms with E-state index in [9.17, 15) is 0 Å². The van der Waals surface area contributed by atoms with Crippen LogP contribution in [0, 0.1) is 0 Å². The first-order valence-electron chi connectivity index (χ1n) is 10.5. The predicted octanol–water partition coefficient (Wildman–Crippen LogP) is 5.96. The van der Waals surface area contributed by atoms with Gasteiger partial charge in [0.2, 0.25) is 8.77 Å². The van der Waals surface area contributed by atoms with E-state index in [1.54, 1.807) is 23.5 Å². The van der Waals surface area contributed by atoms with Gasteiger partial charge in [0.15, 0.2) is 0 Å². The number of thioether (sulfide) groups is 2. The number of hydrogen-bond donors (Lipinski definition) is 0. The van der Waals surface area contributed by atoms with Crippen molar-refractivity contribution < 1.29 is 18.9 Å². The molecule has 4 rings (SSSR count). The monoisotopic (exact) mass is 506 g/mol. The minimum atomic E-state index is -0.121. The second kappa shape index (κ2) is 10.6. The van der Waals surface area contributed by atoms with E-state index >= 15 is 0 Å². The third kappa shape index (κ3) is 6.10. The molecule has 8 heteroatoms. The topological polar surface area (TPSA) is 36.9 Å². The molecule has 0 radical (unpaired) electrons. The molecule has 2 saturated heterocycles. The van der Waals surface area contributed by atoms with Gasteiger partial charge in [-0.05, 0) is 60.7 Å². The molecule has 0 spiro atoms. The second-order valence-electron chi connectivity index (χ2n) is 8.24. The Bertz CT molecular complexity index is 949. The molecule has 2 atom stereocenters. The summed E-state index contributed by atoms with van der Waals surface area (Å²) in [7, 11) is 0. The molecule has 0 bridgehead atoms. The second-order valence-corrected chi connectivity index (χ2v) is 11.5. The Balaban J connectivity index is 1.35. The first-order valence-corrected chi connectivity index (χ1v) is 13.3. The molecular formula is C24H26O4S4. The quantitative estimate of drug-likeness (QED) is 0.400. The van der Waals surface area contributed by atoms with Crippen molar-refractivity contribution in [2.75, 3.05) is 24.7 Å². The molecule has 1 aromatic carbocycles. The van der Waals surface area contributed by atoms with Gasteiger partial charge in [-0.3, -0.25) is 0 Å². The van der Waals surface area contributed by atoms with Gasteiger partial charge in [-0.1, -0.05) is 67.2 Å². The summed E-state index contributed by atoms with van der Waals surface area (Å²) in [5, 5.41) is 0. The van der Waals surface area contributed by atoms with Crippen LogP contribution in [0.1, 0.15) is 25.8 Å². The Morgan fingerprint density at radius 2 is 1.56 bits per heavy atom. The van der Waals surface area contributed by atoms with Gasteiger partial charge in [-0.25, -0.2) is 0 Å². The fourth-order valence-electron chi connectivity index (χ4n) is 3.59. The predicted molar refractivity (Wildman–Crippen MR) is 141 cm³/mol. The van der Waals surface area contributed by atoms with Crippen LogP contribution >= 0.6 is 48.0 Å². The zero-order valence-electron chi connectivity index (χ0n) is 18.1. The summed E-state index contributed by atoms with van der Waals surface area (Å²) in [4.78, 5) is 0. The van der Waals surface area contributed by atoms with E-state index in [1.165, 1.54) is 11.1 Å². The van der Waals surface area contributed by atoms with Crippen LogP contribution in [-0.4, -0.2) is 45.7 Å². The normalized spacial score (nSPS) is 23.2. The number of allylic oxidation sites excluding steroid dienone is 5. The van der Waals surface area contributed by atoms with Crippen molar-refractivity contribution in [2.24, 2.45) is 0 Å².